The van der Waals surface area contributed by atoms with Crippen molar-refractivity contribution >= 4 is 23.5 Å². The van der Waals surface area contributed by atoms with Crippen LogP contribution < -0.4 is 15.0 Å². The molecular formula is C16H20N2O5. The van der Waals surface area contributed by atoms with Gasteiger partial charge in [0.1, 0.15) is 12.3 Å². The van der Waals surface area contributed by atoms with E-state index in [-0.39, 0.29) is 24.8 Å². The number of carboxylic acid groups (broad SMARTS) is 1. The van der Waals surface area contributed by atoms with E-state index < -0.39 is 12.1 Å². The summed E-state index contributed by atoms with van der Waals surface area (Å²) in [5.41, 5.74) is 0.580. The summed E-state index contributed by atoms with van der Waals surface area (Å²) in [6.07, 6.45) is 0.546. The minimum atomic E-state index is -0.846. The molecule has 1 aliphatic rings. The average Bonchev–Trinajstić information content (AvgIpc) is 2.51. The van der Waals surface area contributed by atoms with Crippen molar-refractivity contribution in [3.63, 3.8) is 0 Å². The number of fused-ring (bicyclic) bond motifs is 1. The summed E-state index contributed by atoms with van der Waals surface area (Å²) >= 11 is 0. The molecule has 0 bridgehead atoms. The van der Waals surface area contributed by atoms with Crippen LogP contribution in [0.1, 0.15) is 26.2 Å². The molecule has 1 atom stereocenters. The predicted octanol–water partition coefficient (Wildman–Crippen LogP) is 1.17. The van der Waals surface area contributed by atoms with Gasteiger partial charge in [0, 0.05) is 13.0 Å². The fourth-order valence-electron chi connectivity index (χ4n) is 2.35. The van der Waals surface area contributed by atoms with E-state index in [1.807, 2.05) is 6.07 Å². The number of ether oxygens (including phenoxy) is 1. The van der Waals surface area contributed by atoms with Gasteiger partial charge in [-0.1, -0.05) is 12.1 Å². The van der Waals surface area contributed by atoms with Crippen molar-refractivity contribution in [2.75, 3.05) is 18.0 Å². The maximum Gasteiger partial charge on any atom is 0.303 e. The van der Waals surface area contributed by atoms with E-state index in [9.17, 15) is 14.4 Å². The van der Waals surface area contributed by atoms with Crippen LogP contribution in [0.3, 0.4) is 0 Å². The van der Waals surface area contributed by atoms with Gasteiger partial charge >= 0.3 is 5.97 Å². The first-order valence-electron chi connectivity index (χ1n) is 7.54. The molecule has 0 saturated carbocycles. The van der Waals surface area contributed by atoms with Crippen LogP contribution in [0, 0.1) is 0 Å². The highest BCUT2D eigenvalue weighted by Gasteiger charge is 2.32. The molecule has 1 aromatic carbocycles. The minimum Gasteiger partial charge on any atom is -0.481 e. The molecule has 1 aliphatic heterocycles. The molecule has 2 amide bonds. The fraction of sp³-hybridized carbons (Fsp3) is 0.438. The molecule has 1 unspecified atom stereocenters. The average molecular weight is 320 g/mol. The second-order valence-corrected chi connectivity index (χ2v) is 5.35. The number of nitrogens with one attached hydrogen (secondary N) is 1. The molecule has 2 rings (SSSR count). The molecule has 0 spiro atoms. The van der Waals surface area contributed by atoms with Crippen LogP contribution >= 0.6 is 0 Å². The molecule has 1 aromatic rings. The van der Waals surface area contributed by atoms with Gasteiger partial charge in [-0.3, -0.25) is 19.3 Å². The smallest absolute Gasteiger partial charge is 0.303 e. The number of nitrogens with zero attached hydrogens (tertiary/aromatic N) is 1. The molecule has 7 heteroatoms. The van der Waals surface area contributed by atoms with Crippen LogP contribution in [0.2, 0.25) is 0 Å². The van der Waals surface area contributed by atoms with Gasteiger partial charge in [0.05, 0.1) is 5.69 Å². The van der Waals surface area contributed by atoms with E-state index in [0.29, 0.717) is 30.8 Å². The molecule has 1 heterocycles. The number of carbonyl (C=O) groups is 3. The number of rotatable bonds is 7. The zero-order chi connectivity index (χ0) is 16.8. The fourth-order valence-corrected chi connectivity index (χ4v) is 2.35. The third-order valence-electron chi connectivity index (χ3n) is 3.51. The van der Waals surface area contributed by atoms with Gasteiger partial charge in [-0.05, 0) is 31.9 Å². The Morgan fingerprint density at radius 1 is 1.30 bits per heavy atom. The lowest BCUT2D eigenvalue weighted by atomic mass is 10.2. The Labute approximate surface area is 134 Å². The lowest BCUT2D eigenvalue weighted by Crippen LogP contribution is -2.48. The summed E-state index contributed by atoms with van der Waals surface area (Å²) in [7, 11) is 0. The first-order valence-corrected chi connectivity index (χ1v) is 7.54. The maximum atomic E-state index is 12.2. The van der Waals surface area contributed by atoms with Crippen LogP contribution in [0.25, 0.3) is 0 Å². The number of carboxylic acids is 1. The van der Waals surface area contributed by atoms with Crippen molar-refractivity contribution in [1.82, 2.24) is 5.32 Å². The summed E-state index contributed by atoms with van der Waals surface area (Å²) in [5.74, 6) is -0.808. The summed E-state index contributed by atoms with van der Waals surface area (Å²) in [5, 5.41) is 11.2. The van der Waals surface area contributed by atoms with Crippen LogP contribution in [0.5, 0.6) is 5.75 Å². The van der Waals surface area contributed by atoms with E-state index in [1.54, 1.807) is 25.1 Å². The Balaban J connectivity index is 1.89. The van der Waals surface area contributed by atoms with Gasteiger partial charge < -0.3 is 15.2 Å². The van der Waals surface area contributed by atoms with Crippen LogP contribution in [0.15, 0.2) is 24.3 Å². The van der Waals surface area contributed by atoms with Crippen molar-refractivity contribution in [2.45, 2.75) is 32.3 Å². The van der Waals surface area contributed by atoms with Crippen LogP contribution in [0.4, 0.5) is 5.69 Å². The lowest BCUT2D eigenvalue weighted by molar-refractivity contribution is -0.137. The molecule has 7 nitrogen and oxygen atoms in total. The molecule has 2 N–H and O–H groups in total. The third kappa shape index (κ3) is 4.45. The third-order valence-corrected chi connectivity index (χ3v) is 3.51. The Bertz CT molecular complexity index is 602. The number of hydrogen-bond donors (Lipinski definition) is 2. The molecule has 0 aromatic heterocycles. The number of carbonyl (C=O) groups excluding carboxylic acids is 2. The monoisotopic (exact) mass is 320 g/mol. The van der Waals surface area contributed by atoms with E-state index in [0.717, 1.165) is 0 Å². The number of unbranched alkanes of at least 4 members (excludes halogenated alkanes) is 1. The van der Waals surface area contributed by atoms with Crippen molar-refractivity contribution in [3.05, 3.63) is 24.3 Å². The number of anilines is 1. The SMILES string of the molecule is CC1Oc2ccccc2N(CC(=O)NCCCCC(=O)O)C1=O. The van der Waals surface area contributed by atoms with Gasteiger partial charge in [-0.2, -0.15) is 0 Å². The van der Waals surface area contributed by atoms with Crippen molar-refractivity contribution in [2.24, 2.45) is 0 Å². The lowest BCUT2D eigenvalue weighted by Gasteiger charge is -2.32. The molecular weight excluding hydrogens is 300 g/mol. The molecule has 0 radical (unpaired) electrons. The van der Waals surface area contributed by atoms with Crippen molar-refractivity contribution in [1.29, 1.82) is 0 Å². The zero-order valence-electron chi connectivity index (χ0n) is 12.9. The highest BCUT2D eigenvalue weighted by molar-refractivity contribution is 6.03. The summed E-state index contributed by atoms with van der Waals surface area (Å²) in [6.45, 7) is 1.96. The van der Waals surface area contributed by atoms with E-state index in [4.69, 9.17) is 9.84 Å². The first-order chi connectivity index (χ1) is 11.0. The first kappa shape index (κ1) is 16.8. The normalized spacial score (nSPS) is 16.5. The molecule has 124 valence electrons. The standard InChI is InChI=1S/C16H20N2O5/c1-11-16(22)18(12-6-2-3-7-13(12)23-11)10-14(19)17-9-5-4-8-15(20)21/h2-3,6-7,11H,4-5,8-10H2,1H3,(H,17,19)(H,20,21). The number of aliphatic carboxylic acids is 1. The molecule has 0 fully saturated rings. The quantitative estimate of drug-likeness (QED) is 0.735. The van der Waals surface area contributed by atoms with E-state index >= 15 is 0 Å². The van der Waals surface area contributed by atoms with Crippen LogP contribution in [-0.4, -0.2) is 42.1 Å². The van der Waals surface area contributed by atoms with Gasteiger partial charge in [0.25, 0.3) is 5.91 Å². The number of para-hydroxylation sites is 2. The largest absolute Gasteiger partial charge is 0.481 e. The van der Waals surface area contributed by atoms with E-state index in [2.05, 4.69) is 5.32 Å². The van der Waals surface area contributed by atoms with Crippen molar-refractivity contribution < 1.29 is 24.2 Å². The number of amides is 2. The van der Waals surface area contributed by atoms with Gasteiger partial charge in [0.2, 0.25) is 5.91 Å². The predicted molar refractivity (Wildman–Crippen MR) is 83.4 cm³/mol. The molecule has 0 aliphatic carbocycles. The summed E-state index contributed by atoms with van der Waals surface area (Å²) in [4.78, 5) is 36.1. The Morgan fingerprint density at radius 2 is 2.04 bits per heavy atom. The topological polar surface area (TPSA) is 95.9 Å². The summed E-state index contributed by atoms with van der Waals surface area (Å²) in [6, 6.07) is 7.08. The second kappa shape index (κ2) is 7.62. The Morgan fingerprint density at radius 3 is 2.78 bits per heavy atom. The second-order valence-electron chi connectivity index (χ2n) is 5.35. The summed E-state index contributed by atoms with van der Waals surface area (Å²) < 4.78 is 5.51. The Hall–Kier alpha value is -2.57. The highest BCUT2D eigenvalue weighted by atomic mass is 16.5. The highest BCUT2D eigenvalue weighted by Crippen LogP contribution is 2.33. The van der Waals surface area contributed by atoms with Crippen molar-refractivity contribution in [3.8, 4) is 5.75 Å². The molecule has 23 heavy (non-hydrogen) atoms. The maximum absolute atomic E-state index is 12.2. The van der Waals surface area contributed by atoms with Crippen LogP contribution in [-0.2, 0) is 14.4 Å². The van der Waals surface area contributed by atoms with Gasteiger partial charge in [-0.25, -0.2) is 0 Å². The van der Waals surface area contributed by atoms with E-state index in [1.165, 1.54) is 4.90 Å². The molecule has 0 saturated heterocycles. The number of hydrogen-bond acceptors (Lipinski definition) is 4. The van der Waals surface area contributed by atoms with Gasteiger partial charge in [0.15, 0.2) is 6.10 Å². The van der Waals surface area contributed by atoms with Gasteiger partial charge in [-0.15, -0.1) is 0 Å². The minimum absolute atomic E-state index is 0.0809. The Kier molecular flexibility index (Phi) is 5.56. The number of benzene rings is 1. The zero-order valence-corrected chi connectivity index (χ0v) is 12.9.